The molecule has 0 saturated carbocycles. The topological polar surface area (TPSA) is 96.3 Å². The van der Waals surface area contributed by atoms with Crippen molar-refractivity contribution in [2.75, 3.05) is 26.9 Å². The Morgan fingerprint density at radius 1 is 1.03 bits per heavy atom. The second kappa shape index (κ2) is 10.1. The first-order chi connectivity index (χ1) is 15.0. The van der Waals surface area contributed by atoms with Crippen molar-refractivity contribution in [3.05, 3.63) is 65.2 Å². The molecule has 7 heteroatoms. The normalized spacial score (nSPS) is 17.9. The van der Waals surface area contributed by atoms with Gasteiger partial charge in [-0.1, -0.05) is 25.5 Å². The molecule has 0 radical (unpaired) electrons. The number of aliphatic hydroxyl groups is 1. The van der Waals surface area contributed by atoms with Crippen LogP contribution in [0.1, 0.15) is 36.9 Å². The summed E-state index contributed by atoms with van der Waals surface area (Å²) in [4.78, 5) is 27.0. The number of phenolic OH excluding ortho intramolecular Hbond substituents is 1. The van der Waals surface area contributed by atoms with Gasteiger partial charge in [0.05, 0.1) is 24.8 Å². The summed E-state index contributed by atoms with van der Waals surface area (Å²) < 4.78 is 10.7. The van der Waals surface area contributed by atoms with Gasteiger partial charge in [-0.2, -0.15) is 0 Å². The Labute approximate surface area is 181 Å². The maximum absolute atomic E-state index is 12.9. The lowest BCUT2D eigenvalue weighted by molar-refractivity contribution is -0.140. The Balaban J connectivity index is 2.00. The summed E-state index contributed by atoms with van der Waals surface area (Å²) in [6, 6.07) is 12.2. The lowest BCUT2D eigenvalue weighted by atomic mass is 9.95. The van der Waals surface area contributed by atoms with E-state index in [2.05, 4.69) is 6.92 Å². The number of aromatic hydroxyl groups is 1. The fourth-order valence-corrected chi connectivity index (χ4v) is 3.50. The Morgan fingerprint density at radius 3 is 2.32 bits per heavy atom. The number of hydrogen-bond donors (Lipinski definition) is 2. The summed E-state index contributed by atoms with van der Waals surface area (Å²) >= 11 is 0. The van der Waals surface area contributed by atoms with E-state index >= 15 is 0 Å². The van der Waals surface area contributed by atoms with E-state index in [1.807, 2.05) is 0 Å². The summed E-state index contributed by atoms with van der Waals surface area (Å²) in [5.41, 5.74) is 1.02. The first kappa shape index (κ1) is 22.4. The Hall–Kier alpha value is -3.32. The predicted octanol–water partition coefficient (Wildman–Crippen LogP) is 3.64. The summed E-state index contributed by atoms with van der Waals surface area (Å²) in [5.74, 6) is -0.973. The first-order valence-corrected chi connectivity index (χ1v) is 10.3. The summed E-state index contributed by atoms with van der Waals surface area (Å²) in [7, 11) is 1.51. The molecule has 0 spiro atoms. The van der Waals surface area contributed by atoms with Crippen LogP contribution >= 0.6 is 0 Å². The van der Waals surface area contributed by atoms with Gasteiger partial charge in [0.2, 0.25) is 0 Å². The van der Waals surface area contributed by atoms with Crippen LogP contribution in [0.2, 0.25) is 0 Å². The molecule has 3 rings (SSSR count). The van der Waals surface area contributed by atoms with Crippen LogP contribution in [0.25, 0.3) is 5.76 Å². The number of ketones is 1. The van der Waals surface area contributed by atoms with Crippen molar-refractivity contribution in [1.82, 2.24) is 4.90 Å². The smallest absolute Gasteiger partial charge is 0.295 e. The van der Waals surface area contributed by atoms with E-state index in [9.17, 15) is 19.8 Å². The Kier molecular flexibility index (Phi) is 7.31. The van der Waals surface area contributed by atoms with Crippen LogP contribution in [-0.4, -0.2) is 53.7 Å². The maximum Gasteiger partial charge on any atom is 0.295 e. The molecule has 0 unspecified atom stereocenters. The van der Waals surface area contributed by atoms with Gasteiger partial charge >= 0.3 is 0 Å². The van der Waals surface area contributed by atoms with E-state index in [1.54, 1.807) is 36.4 Å². The second-order valence-electron chi connectivity index (χ2n) is 7.30. The minimum Gasteiger partial charge on any atom is -0.508 e. The monoisotopic (exact) mass is 425 g/mol. The summed E-state index contributed by atoms with van der Waals surface area (Å²) in [6.07, 6.45) is 1.97. The highest BCUT2D eigenvalue weighted by atomic mass is 16.5. The number of rotatable bonds is 9. The molecule has 31 heavy (non-hydrogen) atoms. The molecular formula is C24H27NO6. The van der Waals surface area contributed by atoms with Crippen LogP contribution in [0.3, 0.4) is 0 Å². The lowest BCUT2D eigenvalue weighted by Crippen LogP contribution is -2.32. The third kappa shape index (κ3) is 4.88. The molecule has 0 aromatic heterocycles. The van der Waals surface area contributed by atoms with Crippen molar-refractivity contribution in [1.29, 1.82) is 0 Å². The average molecular weight is 425 g/mol. The number of nitrogens with zero attached hydrogens (tertiary/aromatic N) is 1. The number of aliphatic hydroxyl groups excluding tert-OH is 1. The number of ether oxygens (including phenoxy) is 2. The highest BCUT2D eigenvalue weighted by Crippen LogP contribution is 2.39. The van der Waals surface area contributed by atoms with Gasteiger partial charge in [0, 0.05) is 19.2 Å². The van der Waals surface area contributed by atoms with Crippen LogP contribution in [0.5, 0.6) is 11.5 Å². The van der Waals surface area contributed by atoms with Gasteiger partial charge in [0.1, 0.15) is 17.3 Å². The number of hydrogen-bond acceptors (Lipinski definition) is 6. The largest absolute Gasteiger partial charge is 0.508 e. The van der Waals surface area contributed by atoms with Crippen LogP contribution < -0.4 is 4.74 Å². The average Bonchev–Trinajstić information content (AvgIpc) is 3.03. The minimum absolute atomic E-state index is 0.00597. The van der Waals surface area contributed by atoms with E-state index in [4.69, 9.17) is 9.47 Å². The van der Waals surface area contributed by atoms with Crippen LogP contribution in [-0.2, 0) is 14.3 Å². The van der Waals surface area contributed by atoms with Crippen molar-refractivity contribution >= 4 is 17.4 Å². The molecule has 2 N–H and O–H groups in total. The number of phenols is 1. The molecule has 0 bridgehead atoms. The number of benzene rings is 2. The number of methoxy groups -OCH3 is 1. The molecule has 1 aliphatic heterocycles. The highest BCUT2D eigenvalue weighted by Gasteiger charge is 2.45. The maximum atomic E-state index is 12.9. The number of carbonyl (C=O) groups is 2. The van der Waals surface area contributed by atoms with E-state index < -0.39 is 17.7 Å². The third-order valence-electron chi connectivity index (χ3n) is 5.18. The molecular weight excluding hydrogens is 398 g/mol. The minimum atomic E-state index is -0.781. The standard InChI is InChI=1S/C24H27NO6/c1-3-4-14-31-19-11-7-17(8-12-19)22(27)20-21(16-5-9-18(26)10-6-16)25(13-15-30-2)24(29)23(20)28/h5-12,21,26-27H,3-4,13-15H2,1-2H3/b22-20+/t21-/m0/s1. The molecule has 2 aromatic carbocycles. The van der Waals surface area contributed by atoms with Crippen molar-refractivity contribution in [3.63, 3.8) is 0 Å². The zero-order valence-corrected chi connectivity index (χ0v) is 17.7. The summed E-state index contributed by atoms with van der Waals surface area (Å²) in [5, 5.41) is 20.6. The number of likely N-dealkylation sites (tertiary alicyclic amines) is 1. The van der Waals surface area contributed by atoms with E-state index in [0.717, 1.165) is 12.8 Å². The third-order valence-corrected chi connectivity index (χ3v) is 5.18. The molecule has 1 saturated heterocycles. The molecule has 1 fully saturated rings. The summed E-state index contributed by atoms with van der Waals surface area (Å²) in [6.45, 7) is 3.11. The fourth-order valence-electron chi connectivity index (χ4n) is 3.50. The quantitative estimate of drug-likeness (QED) is 0.276. The molecule has 164 valence electrons. The fraction of sp³-hybridized carbons (Fsp3) is 0.333. The Morgan fingerprint density at radius 2 is 1.71 bits per heavy atom. The van der Waals surface area contributed by atoms with Gasteiger partial charge in [-0.05, 0) is 48.4 Å². The Bertz CT molecular complexity index is 949. The van der Waals surface area contributed by atoms with Crippen molar-refractivity contribution < 1.29 is 29.3 Å². The van der Waals surface area contributed by atoms with Crippen LogP contribution in [0.4, 0.5) is 0 Å². The molecule has 7 nitrogen and oxygen atoms in total. The van der Waals surface area contributed by atoms with Gasteiger partial charge in [-0.15, -0.1) is 0 Å². The van der Waals surface area contributed by atoms with Crippen LogP contribution in [0.15, 0.2) is 54.1 Å². The van der Waals surface area contributed by atoms with Gasteiger partial charge in [-0.3, -0.25) is 9.59 Å². The molecule has 1 atom stereocenters. The molecule has 1 aliphatic rings. The van der Waals surface area contributed by atoms with Gasteiger partial charge < -0.3 is 24.6 Å². The lowest BCUT2D eigenvalue weighted by Gasteiger charge is -2.25. The highest BCUT2D eigenvalue weighted by molar-refractivity contribution is 6.46. The van der Waals surface area contributed by atoms with Crippen molar-refractivity contribution in [3.8, 4) is 11.5 Å². The van der Waals surface area contributed by atoms with Gasteiger partial charge in [0.25, 0.3) is 11.7 Å². The van der Waals surface area contributed by atoms with E-state index in [1.165, 1.54) is 24.1 Å². The first-order valence-electron chi connectivity index (χ1n) is 10.3. The van der Waals surface area contributed by atoms with Crippen molar-refractivity contribution in [2.24, 2.45) is 0 Å². The number of carbonyl (C=O) groups excluding carboxylic acids is 2. The molecule has 1 amide bonds. The predicted molar refractivity (Wildman–Crippen MR) is 116 cm³/mol. The molecule has 1 heterocycles. The SMILES string of the molecule is CCCCOc1ccc(/C(O)=C2\C(=O)C(=O)N(CCOC)[C@H]2c2ccc(O)cc2)cc1. The van der Waals surface area contributed by atoms with Gasteiger partial charge in [0.15, 0.2) is 0 Å². The number of unbranched alkanes of at least 4 members (excludes halogenated alkanes) is 1. The van der Waals surface area contributed by atoms with Gasteiger partial charge in [-0.25, -0.2) is 0 Å². The number of Topliss-reactive ketones (excluding diaryl/α,β-unsaturated/α-hetero) is 1. The zero-order chi connectivity index (χ0) is 22.4. The van der Waals surface area contributed by atoms with E-state index in [-0.39, 0.29) is 30.2 Å². The molecule has 0 aliphatic carbocycles. The van der Waals surface area contributed by atoms with Crippen molar-refractivity contribution in [2.45, 2.75) is 25.8 Å². The van der Waals surface area contributed by atoms with E-state index in [0.29, 0.717) is 23.5 Å². The van der Waals surface area contributed by atoms with Crippen LogP contribution in [0, 0.1) is 0 Å². The second-order valence-corrected chi connectivity index (χ2v) is 7.30. The number of amides is 1. The molecule has 2 aromatic rings. The zero-order valence-electron chi connectivity index (χ0n) is 17.7.